The largest absolute Gasteiger partial charge is 0.399 e. The predicted octanol–water partition coefficient (Wildman–Crippen LogP) is 1.02. The Labute approximate surface area is 117 Å². The Morgan fingerprint density at radius 1 is 1.45 bits per heavy atom. The Kier molecular flexibility index (Phi) is 4.92. The van der Waals surface area contributed by atoms with Gasteiger partial charge in [0.25, 0.3) is 5.91 Å². The smallest absolute Gasteiger partial charge is 0.256 e. The highest BCUT2D eigenvalue weighted by Gasteiger charge is 2.25. The molecule has 2 rings (SSSR count). The van der Waals surface area contributed by atoms with Gasteiger partial charge in [0, 0.05) is 18.8 Å². The Morgan fingerprint density at radius 2 is 2.15 bits per heavy atom. The monoisotopic (exact) mass is 282 g/mol. The number of aliphatic hydroxyl groups excluding tert-OH is 1. The van der Waals surface area contributed by atoms with E-state index in [4.69, 9.17) is 15.6 Å². The van der Waals surface area contributed by atoms with E-state index in [1.165, 1.54) is 12.1 Å². The van der Waals surface area contributed by atoms with Crippen molar-refractivity contribution in [2.45, 2.75) is 18.9 Å². The van der Waals surface area contributed by atoms with Crippen molar-refractivity contribution >= 4 is 11.6 Å². The number of carbonyl (C=O) groups excluding carboxylic acids is 1. The van der Waals surface area contributed by atoms with E-state index in [1.807, 2.05) is 0 Å². The number of nitrogens with zero attached hydrogens (tertiary/aromatic N) is 1. The number of ether oxygens (including phenoxy) is 1. The lowest BCUT2D eigenvalue weighted by atomic mass is 10.1. The van der Waals surface area contributed by atoms with Gasteiger partial charge < -0.3 is 20.5 Å². The van der Waals surface area contributed by atoms with Crippen LogP contribution in [0.3, 0.4) is 0 Å². The molecule has 1 aromatic rings. The summed E-state index contributed by atoms with van der Waals surface area (Å²) in [6.07, 6.45) is 1.45. The number of benzene rings is 1. The van der Waals surface area contributed by atoms with Gasteiger partial charge in [-0.3, -0.25) is 4.79 Å². The molecule has 0 spiro atoms. The number of halogens is 1. The van der Waals surface area contributed by atoms with Gasteiger partial charge in [-0.2, -0.15) is 0 Å². The lowest BCUT2D eigenvalue weighted by Crippen LogP contribution is -2.41. The fourth-order valence-corrected chi connectivity index (χ4v) is 2.32. The molecule has 1 aliphatic heterocycles. The maximum absolute atomic E-state index is 13.7. The first-order valence-electron chi connectivity index (χ1n) is 6.68. The number of nitrogens with two attached hydrogens (primary N) is 1. The minimum atomic E-state index is -0.589. The summed E-state index contributed by atoms with van der Waals surface area (Å²) in [7, 11) is 0. The summed E-state index contributed by atoms with van der Waals surface area (Å²) < 4.78 is 19.1. The molecule has 20 heavy (non-hydrogen) atoms. The average Bonchev–Trinajstić information content (AvgIpc) is 2.45. The van der Waals surface area contributed by atoms with Crippen molar-refractivity contribution in [1.29, 1.82) is 0 Å². The maximum Gasteiger partial charge on any atom is 0.256 e. The van der Waals surface area contributed by atoms with Crippen LogP contribution in [0.25, 0.3) is 0 Å². The Balaban J connectivity index is 1.94. The number of aliphatic hydroxyl groups is 1. The number of likely N-dealkylation sites (tertiary alicyclic amines) is 1. The minimum absolute atomic E-state index is 0.00417. The Bertz CT molecular complexity index is 473. The van der Waals surface area contributed by atoms with Gasteiger partial charge >= 0.3 is 0 Å². The van der Waals surface area contributed by atoms with E-state index in [2.05, 4.69) is 0 Å². The van der Waals surface area contributed by atoms with Crippen LogP contribution < -0.4 is 5.73 Å². The van der Waals surface area contributed by atoms with Crippen LogP contribution in [0.15, 0.2) is 18.2 Å². The van der Waals surface area contributed by atoms with Crippen LogP contribution in [0.2, 0.25) is 0 Å². The molecule has 1 fully saturated rings. The second kappa shape index (κ2) is 6.67. The second-order valence-electron chi connectivity index (χ2n) is 4.83. The summed E-state index contributed by atoms with van der Waals surface area (Å²) in [5.74, 6) is -0.906. The molecular formula is C14H19FN2O3. The summed E-state index contributed by atoms with van der Waals surface area (Å²) >= 11 is 0. The fraction of sp³-hybridized carbons (Fsp3) is 0.500. The highest BCUT2D eigenvalue weighted by Crippen LogP contribution is 2.19. The number of anilines is 1. The second-order valence-corrected chi connectivity index (χ2v) is 4.83. The van der Waals surface area contributed by atoms with Crippen molar-refractivity contribution < 1.29 is 19.0 Å². The van der Waals surface area contributed by atoms with Crippen molar-refractivity contribution in [2.24, 2.45) is 0 Å². The van der Waals surface area contributed by atoms with Gasteiger partial charge in [0.1, 0.15) is 5.82 Å². The van der Waals surface area contributed by atoms with Crippen LogP contribution in [0, 0.1) is 5.82 Å². The zero-order valence-electron chi connectivity index (χ0n) is 11.2. The number of carbonyl (C=O) groups is 1. The van der Waals surface area contributed by atoms with Crippen LogP contribution in [-0.4, -0.2) is 48.3 Å². The summed E-state index contributed by atoms with van der Waals surface area (Å²) in [4.78, 5) is 13.8. The molecule has 1 saturated heterocycles. The molecule has 1 aliphatic rings. The number of nitrogen functional groups attached to an aromatic ring is 1. The zero-order chi connectivity index (χ0) is 14.5. The molecule has 0 bridgehead atoms. The van der Waals surface area contributed by atoms with E-state index in [0.29, 0.717) is 38.2 Å². The summed E-state index contributed by atoms with van der Waals surface area (Å²) in [6, 6.07) is 4.10. The zero-order valence-corrected chi connectivity index (χ0v) is 11.2. The van der Waals surface area contributed by atoms with E-state index in [0.717, 1.165) is 6.07 Å². The van der Waals surface area contributed by atoms with Crippen LogP contribution in [0.4, 0.5) is 10.1 Å². The molecule has 1 aromatic carbocycles. The number of amides is 1. The van der Waals surface area contributed by atoms with Crippen molar-refractivity contribution in [3.05, 3.63) is 29.6 Å². The Morgan fingerprint density at radius 3 is 2.75 bits per heavy atom. The van der Waals surface area contributed by atoms with Crippen LogP contribution >= 0.6 is 0 Å². The molecule has 0 atom stereocenters. The van der Waals surface area contributed by atoms with Gasteiger partial charge in [0.15, 0.2) is 0 Å². The first kappa shape index (κ1) is 14.7. The SMILES string of the molecule is Nc1ccc(C(=O)N2CCC(OCCO)CC2)c(F)c1. The van der Waals surface area contributed by atoms with Gasteiger partial charge in [-0.25, -0.2) is 4.39 Å². The van der Waals surface area contributed by atoms with Crippen molar-refractivity contribution in [3.63, 3.8) is 0 Å². The molecule has 0 saturated carbocycles. The van der Waals surface area contributed by atoms with Crippen molar-refractivity contribution in [2.75, 3.05) is 32.0 Å². The summed E-state index contributed by atoms with van der Waals surface area (Å²) in [5, 5.41) is 8.70. The standard InChI is InChI=1S/C14H19FN2O3/c15-13-9-10(16)1-2-12(13)14(19)17-5-3-11(4-6-17)20-8-7-18/h1-2,9,11,18H,3-8,16H2. The third kappa shape index (κ3) is 3.46. The first-order chi connectivity index (χ1) is 9.61. The average molecular weight is 282 g/mol. The molecule has 0 aliphatic carbocycles. The topological polar surface area (TPSA) is 75.8 Å². The van der Waals surface area contributed by atoms with Gasteiger partial charge in [0.05, 0.1) is 24.9 Å². The third-order valence-corrected chi connectivity index (χ3v) is 3.40. The molecule has 1 heterocycles. The highest BCUT2D eigenvalue weighted by molar-refractivity contribution is 5.94. The predicted molar refractivity (Wildman–Crippen MR) is 72.8 cm³/mol. The third-order valence-electron chi connectivity index (χ3n) is 3.40. The first-order valence-corrected chi connectivity index (χ1v) is 6.68. The van der Waals surface area contributed by atoms with Gasteiger partial charge in [-0.05, 0) is 31.0 Å². The quantitative estimate of drug-likeness (QED) is 0.809. The maximum atomic E-state index is 13.7. The van der Waals surface area contributed by atoms with E-state index in [-0.39, 0.29) is 24.2 Å². The van der Waals surface area contributed by atoms with E-state index < -0.39 is 5.82 Å². The molecule has 0 aromatic heterocycles. The van der Waals surface area contributed by atoms with Crippen molar-refractivity contribution in [1.82, 2.24) is 4.90 Å². The van der Waals surface area contributed by atoms with Crippen LogP contribution in [-0.2, 0) is 4.74 Å². The molecule has 0 unspecified atom stereocenters. The highest BCUT2D eigenvalue weighted by atomic mass is 19.1. The lowest BCUT2D eigenvalue weighted by molar-refractivity contribution is -0.00561. The van der Waals surface area contributed by atoms with E-state index in [1.54, 1.807) is 4.90 Å². The molecule has 1 amide bonds. The lowest BCUT2D eigenvalue weighted by Gasteiger charge is -2.32. The van der Waals surface area contributed by atoms with Gasteiger partial charge in [-0.1, -0.05) is 0 Å². The normalized spacial score (nSPS) is 16.4. The molecular weight excluding hydrogens is 263 g/mol. The minimum Gasteiger partial charge on any atom is -0.399 e. The number of rotatable bonds is 4. The molecule has 5 nitrogen and oxygen atoms in total. The molecule has 6 heteroatoms. The number of hydrogen-bond donors (Lipinski definition) is 2. The number of piperidine rings is 1. The van der Waals surface area contributed by atoms with Crippen LogP contribution in [0.1, 0.15) is 23.2 Å². The summed E-state index contributed by atoms with van der Waals surface area (Å²) in [6.45, 7) is 1.36. The van der Waals surface area contributed by atoms with Crippen LogP contribution in [0.5, 0.6) is 0 Å². The van der Waals surface area contributed by atoms with Gasteiger partial charge in [-0.15, -0.1) is 0 Å². The van der Waals surface area contributed by atoms with E-state index >= 15 is 0 Å². The molecule has 110 valence electrons. The Hall–Kier alpha value is -1.66. The molecule has 3 N–H and O–H groups in total. The van der Waals surface area contributed by atoms with Gasteiger partial charge in [0.2, 0.25) is 0 Å². The van der Waals surface area contributed by atoms with Crippen molar-refractivity contribution in [3.8, 4) is 0 Å². The fourth-order valence-electron chi connectivity index (χ4n) is 2.32. The molecule has 0 radical (unpaired) electrons. The number of hydrogen-bond acceptors (Lipinski definition) is 4. The van der Waals surface area contributed by atoms with E-state index in [9.17, 15) is 9.18 Å². The summed E-state index contributed by atoms with van der Waals surface area (Å²) in [5.41, 5.74) is 5.82.